The molecule has 4 aromatic rings. The summed E-state index contributed by atoms with van der Waals surface area (Å²) in [7, 11) is 0. The molecule has 0 fully saturated rings. The van der Waals surface area contributed by atoms with E-state index in [1.165, 1.54) is 0 Å². The first-order valence-corrected chi connectivity index (χ1v) is 7.02. The largest absolute Gasteiger partial charge is 0.206 e. The van der Waals surface area contributed by atoms with Gasteiger partial charge in [0.05, 0.1) is 0 Å². The van der Waals surface area contributed by atoms with E-state index in [0.717, 1.165) is 10.8 Å². The topological polar surface area (TPSA) is 0 Å². The summed E-state index contributed by atoms with van der Waals surface area (Å²) in [5, 5.41) is 2.51. The number of hydrogen-bond donors (Lipinski definition) is 0. The Hall–Kier alpha value is -2.74. The van der Waals surface area contributed by atoms with Crippen molar-refractivity contribution in [3.05, 3.63) is 84.4 Å². The van der Waals surface area contributed by atoms with Crippen LogP contribution in [0.15, 0.2) is 66.7 Å². The third-order valence-electron chi connectivity index (χ3n) is 3.92. The van der Waals surface area contributed by atoms with Crippen molar-refractivity contribution in [2.75, 3.05) is 0 Å². The van der Waals surface area contributed by atoms with Crippen molar-refractivity contribution in [2.24, 2.45) is 0 Å². The van der Waals surface area contributed by atoms with Gasteiger partial charge >= 0.3 is 0 Å². The van der Waals surface area contributed by atoms with Crippen molar-refractivity contribution in [1.82, 2.24) is 0 Å². The smallest absolute Gasteiger partial charge is 0.139 e. The van der Waals surface area contributed by atoms with E-state index in [1.54, 1.807) is 42.5 Å². The average Bonchev–Trinajstić information content (AvgIpc) is 2.57. The van der Waals surface area contributed by atoms with Crippen molar-refractivity contribution >= 4 is 21.5 Å². The minimum absolute atomic E-state index is 0.168. The molecule has 1 radical (unpaired) electrons. The molecule has 4 aromatic carbocycles. The van der Waals surface area contributed by atoms with E-state index < -0.39 is 11.6 Å². The molecule has 0 amide bonds. The lowest BCUT2D eigenvalue weighted by molar-refractivity contribution is 0.628. The molecule has 0 bridgehead atoms. The molecule has 0 saturated carbocycles. The molecule has 0 aliphatic heterocycles. The van der Waals surface area contributed by atoms with Crippen molar-refractivity contribution < 1.29 is 8.78 Å². The molecule has 0 unspecified atom stereocenters. The Morgan fingerprint density at radius 3 is 2.05 bits per heavy atom. The van der Waals surface area contributed by atoms with E-state index in [1.807, 2.05) is 24.3 Å². The third-order valence-corrected chi connectivity index (χ3v) is 3.92. The SMILES string of the molecule is Fc1c(-c2ccc3ccccc3c2F)[c]cc2ccccc12. The van der Waals surface area contributed by atoms with Gasteiger partial charge < -0.3 is 0 Å². The van der Waals surface area contributed by atoms with Gasteiger partial charge in [-0.1, -0.05) is 60.7 Å². The van der Waals surface area contributed by atoms with E-state index in [2.05, 4.69) is 6.07 Å². The molecule has 2 heteroatoms. The first-order valence-electron chi connectivity index (χ1n) is 7.02. The number of halogens is 2. The molecule has 0 aromatic heterocycles. The molecular formula is C20H11F2. The van der Waals surface area contributed by atoms with Crippen LogP contribution in [0.1, 0.15) is 0 Å². The first kappa shape index (κ1) is 13.0. The summed E-state index contributed by atoms with van der Waals surface area (Å²) in [6, 6.07) is 22.3. The fraction of sp³-hybridized carbons (Fsp3) is 0. The second-order valence-corrected chi connectivity index (χ2v) is 5.21. The quantitative estimate of drug-likeness (QED) is 0.419. The summed E-state index contributed by atoms with van der Waals surface area (Å²) in [5.74, 6) is -0.851. The number of fused-ring (bicyclic) bond motifs is 2. The summed E-state index contributed by atoms with van der Waals surface area (Å²) in [6.45, 7) is 0. The zero-order chi connectivity index (χ0) is 15.1. The molecular weight excluding hydrogens is 278 g/mol. The lowest BCUT2D eigenvalue weighted by Gasteiger charge is -2.09. The van der Waals surface area contributed by atoms with Crippen LogP contribution in [0.25, 0.3) is 32.7 Å². The Kier molecular flexibility index (Phi) is 2.90. The van der Waals surface area contributed by atoms with Gasteiger partial charge in [0.2, 0.25) is 0 Å². The average molecular weight is 289 g/mol. The lowest BCUT2D eigenvalue weighted by Crippen LogP contribution is -1.92. The van der Waals surface area contributed by atoms with Crippen LogP contribution in [0.4, 0.5) is 8.78 Å². The molecule has 0 atom stereocenters. The Labute approximate surface area is 126 Å². The third kappa shape index (κ3) is 1.88. The highest BCUT2D eigenvalue weighted by Crippen LogP contribution is 2.33. The molecule has 0 saturated heterocycles. The van der Waals surface area contributed by atoms with Crippen LogP contribution in [0.2, 0.25) is 0 Å². The monoisotopic (exact) mass is 289 g/mol. The van der Waals surface area contributed by atoms with Gasteiger partial charge in [0.25, 0.3) is 0 Å². The highest BCUT2D eigenvalue weighted by atomic mass is 19.1. The molecule has 0 aliphatic carbocycles. The maximum Gasteiger partial charge on any atom is 0.139 e. The molecule has 0 heterocycles. The van der Waals surface area contributed by atoms with Gasteiger partial charge in [-0.3, -0.25) is 0 Å². The van der Waals surface area contributed by atoms with Crippen LogP contribution in [-0.4, -0.2) is 0 Å². The van der Waals surface area contributed by atoms with Crippen LogP contribution in [0, 0.1) is 17.7 Å². The second kappa shape index (κ2) is 4.92. The van der Waals surface area contributed by atoms with Crippen LogP contribution >= 0.6 is 0 Å². The van der Waals surface area contributed by atoms with Gasteiger partial charge in [-0.15, -0.1) is 0 Å². The van der Waals surface area contributed by atoms with Crippen molar-refractivity contribution in [3.63, 3.8) is 0 Å². The van der Waals surface area contributed by atoms with Gasteiger partial charge in [0, 0.05) is 21.9 Å². The predicted octanol–water partition coefficient (Wildman–Crippen LogP) is 5.74. The van der Waals surface area contributed by atoms with E-state index in [-0.39, 0.29) is 11.1 Å². The van der Waals surface area contributed by atoms with E-state index >= 15 is 0 Å². The van der Waals surface area contributed by atoms with Crippen LogP contribution < -0.4 is 0 Å². The Bertz CT molecular complexity index is 920. The highest BCUT2D eigenvalue weighted by molar-refractivity contribution is 5.92. The molecule has 0 aliphatic rings. The van der Waals surface area contributed by atoms with Crippen molar-refractivity contribution in [1.29, 1.82) is 0 Å². The Morgan fingerprint density at radius 1 is 0.636 bits per heavy atom. The van der Waals surface area contributed by atoms with Crippen molar-refractivity contribution in [2.45, 2.75) is 0 Å². The predicted molar refractivity (Wildman–Crippen MR) is 85.6 cm³/mol. The molecule has 0 N–H and O–H groups in total. The number of benzene rings is 4. The first-order chi connectivity index (χ1) is 10.8. The minimum Gasteiger partial charge on any atom is -0.206 e. The maximum atomic E-state index is 14.7. The van der Waals surface area contributed by atoms with Gasteiger partial charge in [-0.25, -0.2) is 8.78 Å². The molecule has 105 valence electrons. The summed E-state index contributed by atoms with van der Waals surface area (Å²) in [6.07, 6.45) is 0. The number of rotatable bonds is 1. The van der Waals surface area contributed by atoms with Gasteiger partial charge in [0.1, 0.15) is 11.6 Å². The van der Waals surface area contributed by atoms with E-state index in [0.29, 0.717) is 10.8 Å². The molecule has 0 nitrogen and oxygen atoms in total. The van der Waals surface area contributed by atoms with Crippen LogP contribution in [-0.2, 0) is 0 Å². The van der Waals surface area contributed by atoms with Gasteiger partial charge in [0.15, 0.2) is 0 Å². The Morgan fingerprint density at radius 2 is 1.27 bits per heavy atom. The number of hydrogen-bond acceptors (Lipinski definition) is 0. The van der Waals surface area contributed by atoms with Crippen molar-refractivity contribution in [3.8, 4) is 11.1 Å². The van der Waals surface area contributed by atoms with Crippen LogP contribution in [0.5, 0.6) is 0 Å². The fourth-order valence-electron chi connectivity index (χ4n) is 2.79. The van der Waals surface area contributed by atoms with Gasteiger partial charge in [-0.05, 0) is 22.9 Å². The second-order valence-electron chi connectivity index (χ2n) is 5.21. The summed E-state index contributed by atoms with van der Waals surface area (Å²) in [5.41, 5.74) is 0.406. The van der Waals surface area contributed by atoms with Gasteiger partial charge in [-0.2, -0.15) is 0 Å². The standard InChI is InChI=1S/C20H11F2/c21-19-15-7-3-1-5-13(15)9-11-17(19)18-12-10-14-6-2-4-8-16(14)20(18)22/h1-11H. The molecule has 0 spiro atoms. The summed E-state index contributed by atoms with van der Waals surface area (Å²) < 4.78 is 29.5. The molecule has 22 heavy (non-hydrogen) atoms. The summed E-state index contributed by atoms with van der Waals surface area (Å²) >= 11 is 0. The van der Waals surface area contributed by atoms with Crippen LogP contribution in [0.3, 0.4) is 0 Å². The maximum absolute atomic E-state index is 14.7. The zero-order valence-electron chi connectivity index (χ0n) is 11.6. The highest BCUT2D eigenvalue weighted by Gasteiger charge is 2.15. The molecule has 4 rings (SSSR count). The summed E-state index contributed by atoms with van der Waals surface area (Å²) in [4.78, 5) is 0. The zero-order valence-corrected chi connectivity index (χ0v) is 11.6. The lowest BCUT2D eigenvalue weighted by atomic mass is 9.97. The van der Waals surface area contributed by atoms with E-state index in [9.17, 15) is 8.78 Å². The fourth-order valence-corrected chi connectivity index (χ4v) is 2.79. The Balaban J connectivity index is 2.03. The normalized spacial score (nSPS) is 11.2. The van der Waals surface area contributed by atoms with E-state index in [4.69, 9.17) is 0 Å². The minimum atomic E-state index is -0.438.